The lowest BCUT2D eigenvalue weighted by Gasteiger charge is -2.31. The van der Waals surface area contributed by atoms with Gasteiger partial charge < -0.3 is 14.1 Å². The molecule has 1 aliphatic rings. The highest BCUT2D eigenvalue weighted by molar-refractivity contribution is 7.09. The van der Waals surface area contributed by atoms with Crippen molar-refractivity contribution in [2.24, 2.45) is 0 Å². The highest BCUT2D eigenvalue weighted by Gasteiger charge is 2.26. The van der Waals surface area contributed by atoms with Gasteiger partial charge in [-0.2, -0.15) is 4.37 Å². The van der Waals surface area contributed by atoms with E-state index in [1.54, 1.807) is 6.26 Å². The highest BCUT2D eigenvalue weighted by Crippen LogP contribution is 2.28. The third-order valence-electron chi connectivity index (χ3n) is 3.14. The number of hydrogen-bond acceptors (Lipinski definition) is 6. The van der Waals surface area contributed by atoms with Crippen LogP contribution in [0.3, 0.4) is 0 Å². The Bertz CT molecular complexity index is 524. The molecule has 19 heavy (non-hydrogen) atoms. The van der Waals surface area contributed by atoms with Crippen LogP contribution in [0.4, 0.5) is 5.13 Å². The van der Waals surface area contributed by atoms with Crippen molar-refractivity contribution in [3.05, 3.63) is 30.0 Å². The number of ether oxygens (including phenoxy) is 1. The number of aromatic nitrogens is 2. The maximum absolute atomic E-state index is 5.75. The summed E-state index contributed by atoms with van der Waals surface area (Å²) in [4.78, 5) is 6.82. The number of rotatable bonds is 3. The third-order valence-corrected chi connectivity index (χ3v) is 3.94. The second-order valence-electron chi connectivity index (χ2n) is 4.91. The molecule has 0 bridgehead atoms. The lowest BCUT2D eigenvalue weighted by atomic mass is 10.2. The summed E-state index contributed by atoms with van der Waals surface area (Å²) >= 11 is 1.46. The van der Waals surface area contributed by atoms with E-state index in [-0.39, 0.29) is 6.10 Å². The second kappa shape index (κ2) is 5.30. The summed E-state index contributed by atoms with van der Waals surface area (Å²) in [6, 6.07) is 3.84. The zero-order valence-corrected chi connectivity index (χ0v) is 11.9. The number of anilines is 1. The van der Waals surface area contributed by atoms with Crippen molar-refractivity contribution in [2.75, 3.05) is 24.6 Å². The minimum absolute atomic E-state index is 0.0184. The van der Waals surface area contributed by atoms with Gasteiger partial charge in [0, 0.05) is 24.0 Å². The van der Waals surface area contributed by atoms with Crippen molar-refractivity contribution < 1.29 is 9.15 Å². The smallest absolute Gasteiger partial charge is 0.205 e. The molecule has 0 N–H and O–H groups in total. The van der Waals surface area contributed by atoms with Gasteiger partial charge in [-0.1, -0.05) is 13.8 Å². The average Bonchev–Trinajstić information content (AvgIpc) is 3.10. The maximum atomic E-state index is 5.75. The molecule has 1 atom stereocenters. The van der Waals surface area contributed by atoms with Crippen LogP contribution in [-0.4, -0.2) is 29.1 Å². The Morgan fingerprint density at radius 1 is 1.47 bits per heavy atom. The monoisotopic (exact) mass is 279 g/mol. The third kappa shape index (κ3) is 2.64. The van der Waals surface area contributed by atoms with Crippen LogP contribution in [0.2, 0.25) is 0 Å². The molecule has 5 nitrogen and oxygen atoms in total. The number of morpholine rings is 1. The SMILES string of the molecule is CC(C)c1nsc(N2CCOC(c3ccco3)C2)n1. The summed E-state index contributed by atoms with van der Waals surface area (Å²) in [6.45, 7) is 6.51. The highest BCUT2D eigenvalue weighted by atomic mass is 32.1. The first-order valence-electron chi connectivity index (χ1n) is 6.47. The van der Waals surface area contributed by atoms with E-state index in [1.165, 1.54) is 11.5 Å². The Labute approximate surface area is 116 Å². The van der Waals surface area contributed by atoms with Crippen LogP contribution in [0, 0.1) is 0 Å². The van der Waals surface area contributed by atoms with Crippen LogP contribution in [0.25, 0.3) is 0 Å². The average molecular weight is 279 g/mol. The first kappa shape index (κ1) is 12.6. The van der Waals surface area contributed by atoms with Crippen molar-refractivity contribution >= 4 is 16.7 Å². The molecule has 2 aromatic heterocycles. The predicted molar refractivity (Wildman–Crippen MR) is 73.6 cm³/mol. The molecule has 0 aliphatic carbocycles. The van der Waals surface area contributed by atoms with Crippen LogP contribution >= 0.6 is 11.5 Å². The number of furan rings is 1. The summed E-state index contributed by atoms with van der Waals surface area (Å²) in [5.74, 6) is 2.16. The standard InChI is InChI=1S/C13H17N3O2S/c1-9(2)12-14-13(19-15-12)16-5-7-18-11(8-16)10-4-3-6-17-10/h3-4,6,9,11H,5,7-8H2,1-2H3. The summed E-state index contributed by atoms with van der Waals surface area (Å²) in [7, 11) is 0. The summed E-state index contributed by atoms with van der Waals surface area (Å²) < 4.78 is 15.6. The fourth-order valence-corrected chi connectivity index (χ4v) is 2.90. The molecular formula is C13H17N3O2S. The first-order chi connectivity index (χ1) is 9.24. The minimum atomic E-state index is -0.0184. The molecule has 1 unspecified atom stereocenters. The van der Waals surface area contributed by atoms with E-state index >= 15 is 0 Å². The van der Waals surface area contributed by atoms with Crippen LogP contribution in [0.5, 0.6) is 0 Å². The summed E-state index contributed by atoms with van der Waals surface area (Å²) in [5, 5.41) is 0.976. The van der Waals surface area contributed by atoms with E-state index < -0.39 is 0 Å². The zero-order valence-electron chi connectivity index (χ0n) is 11.1. The van der Waals surface area contributed by atoms with E-state index in [2.05, 4.69) is 28.1 Å². The predicted octanol–water partition coefficient (Wildman–Crippen LogP) is 2.83. The van der Waals surface area contributed by atoms with Crippen molar-refractivity contribution in [1.82, 2.24) is 9.36 Å². The van der Waals surface area contributed by atoms with Gasteiger partial charge in [-0.15, -0.1) is 0 Å². The van der Waals surface area contributed by atoms with Crippen LogP contribution in [0.15, 0.2) is 22.8 Å². The fourth-order valence-electron chi connectivity index (χ4n) is 2.06. The van der Waals surface area contributed by atoms with Crippen LogP contribution < -0.4 is 4.90 Å². The van der Waals surface area contributed by atoms with Gasteiger partial charge in [0.2, 0.25) is 5.13 Å². The number of hydrogen-bond donors (Lipinski definition) is 0. The van der Waals surface area contributed by atoms with Crippen molar-refractivity contribution in [3.8, 4) is 0 Å². The van der Waals surface area contributed by atoms with E-state index in [9.17, 15) is 0 Å². The normalized spacial score (nSPS) is 20.2. The van der Waals surface area contributed by atoms with Gasteiger partial charge in [0.25, 0.3) is 0 Å². The van der Waals surface area contributed by atoms with Crippen molar-refractivity contribution in [2.45, 2.75) is 25.9 Å². The van der Waals surface area contributed by atoms with Gasteiger partial charge in [0.05, 0.1) is 19.4 Å². The molecule has 1 saturated heterocycles. The molecule has 0 amide bonds. The van der Waals surface area contributed by atoms with Gasteiger partial charge >= 0.3 is 0 Å². The largest absolute Gasteiger partial charge is 0.467 e. The van der Waals surface area contributed by atoms with Crippen molar-refractivity contribution in [3.63, 3.8) is 0 Å². The Morgan fingerprint density at radius 3 is 3.05 bits per heavy atom. The van der Waals surface area contributed by atoms with E-state index in [0.717, 1.165) is 29.8 Å². The molecule has 6 heteroatoms. The molecule has 0 radical (unpaired) electrons. The van der Waals surface area contributed by atoms with Gasteiger partial charge in [0.15, 0.2) is 0 Å². The summed E-state index contributed by atoms with van der Waals surface area (Å²) in [5.41, 5.74) is 0. The maximum Gasteiger partial charge on any atom is 0.205 e. The molecule has 102 valence electrons. The summed E-state index contributed by atoms with van der Waals surface area (Å²) in [6.07, 6.45) is 1.66. The van der Waals surface area contributed by atoms with Gasteiger partial charge in [-0.25, -0.2) is 4.98 Å². The fraction of sp³-hybridized carbons (Fsp3) is 0.538. The zero-order chi connectivity index (χ0) is 13.2. The molecule has 3 rings (SSSR count). The molecular weight excluding hydrogens is 262 g/mol. The quantitative estimate of drug-likeness (QED) is 0.864. The van der Waals surface area contributed by atoms with Crippen molar-refractivity contribution in [1.29, 1.82) is 0 Å². The minimum Gasteiger partial charge on any atom is -0.467 e. The van der Waals surface area contributed by atoms with E-state index in [4.69, 9.17) is 9.15 Å². The van der Waals surface area contributed by atoms with Gasteiger partial charge in [-0.3, -0.25) is 0 Å². The molecule has 0 saturated carbocycles. The molecule has 2 aromatic rings. The first-order valence-corrected chi connectivity index (χ1v) is 7.25. The van der Waals surface area contributed by atoms with Crippen LogP contribution in [-0.2, 0) is 4.74 Å². The molecule has 0 spiro atoms. The lowest BCUT2D eigenvalue weighted by Crippen LogP contribution is -2.38. The Balaban J connectivity index is 1.74. The van der Waals surface area contributed by atoms with E-state index in [0.29, 0.717) is 12.5 Å². The lowest BCUT2D eigenvalue weighted by molar-refractivity contribution is 0.0257. The topological polar surface area (TPSA) is 51.4 Å². The molecule has 3 heterocycles. The number of nitrogens with zero attached hydrogens (tertiary/aromatic N) is 3. The van der Waals surface area contributed by atoms with E-state index in [1.807, 2.05) is 12.1 Å². The van der Waals surface area contributed by atoms with Crippen LogP contribution in [0.1, 0.15) is 37.5 Å². The second-order valence-corrected chi connectivity index (χ2v) is 5.64. The Hall–Kier alpha value is -1.40. The van der Waals surface area contributed by atoms with Gasteiger partial charge in [0.1, 0.15) is 17.7 Å². The molecule has 1 aliphatic heterocycles. The Kier molecular flexibility index (Phi) is 3.52. The Morgan fingerprint density at radius 2 is 2.37 bits per heavy atom. The molecule has 0 aromatic carbocycles. The molecule has 1 fully saturated rings. The van der Waals surface area contributed by atoms with Gasteiger partial charge in [-0.05, 0) is 12.1 Å².